The molecule has 1 saturated heterocycles. The number of nitrogens with one attached hydrogen (secondary N) is 1. The summed E-state index contributed by atoms with van der Waals surface area (Å²) >= 11 is 0. The van der Waals surface area contributed by atoms with E-state index < -0.39 is 12.0 Å². The minimum atomic E-state index is -0.539. The largest absolute Gasteiger partial charge is 0.396 e. The van der Waals surface area contributed by atoms with E-state index in [0.29, 0.717) is 18.8 Å². The average Bonchev–Trinajstić information content (AvgIpc) is 3.31. The Hall–Kier alpha value is -2.15. The van der Waals surface area contributed by atoms with Crippen molar-refractivity contribution in [3.63, 3.8) is 0 Å². The maximum atomic E-state index is 13.4. The highest BCUT2D eigenvalue weighted by molar-refractivity contribution is 5.85. The molecule has 0 unspecified atom stereocenters. The summed E-state index contributed by atoms with van der Waals surface area (Å²) in [5.41, 5.74) is 0.592. The third kappa shape index (κ3) is 2.96. The second kappa shape index (κ2) is 7.70. The van der Waals surface area contributed by atoms with E-state index in [1.54, 1.807) is 10.6 Å². The molecule has 3 aliphatic rings. The zero-order valence-electron chi connectivity index (χ0n) is 16.3. The Kier molecular flexibility index (Phi) is 5.27. The highest BCUT2D eigenvalue weighted by Crippen LogP contribution is 2.49. The van der Waals surface area contributed by atoms with Gasteiger partial charge < -0.3 is 19.9 Å². The normalized spacial score (nSPS) is 29.0. The summed E-state index contributed by atoms with van der Waals surface area (Å²) in [6.07, 6.45) is 4.69. The Balaban J connectivity index is 1.78. The minimum absolute atomic E-state index is 0.0104. The lowest BCUT2D eigenvalue weighted by atomic mass is 9.86. The lowest BCUT2D eigenvalue weighted by Gasteiger charge is -2.39. The molecular formula is C21H29N3O4. The van der Waals surface area contributed by atoms with Crippen LogP contribution in [-0.2, 0) is 16.1 Å². The molecule has 7 nitrogen and oxygen atoms in total. The highest BCUT2D eigenvalue weighted by Gasteiger charge is 2.57. The van der Waals surface area contributed by atoms with Crippen LogP contribution in [0.3, 0.4) is 0 Å². The van der Waals surface area contributed by atoms with Crippen LogP contribution in [0.25, 0.3) is 0 Å². The molecule has 3 heterocycles. The van der Waals surface area contributed by atoms with E-state index in [0.717, 1.165) is 32.1 Å². The van der Waals surface area contributed by atoms with Crippen LogP contribution in [0.15, 0.2) is 23.0 Å². The number of pyridine rings is 1. The fourth-order valence-corrected chi connectivity index (χ4v) is 5.41. The number of rotatable bonds is 5. The highest BCUT2D eigenvalue weighted by atomic mass is 16.3. The second-order valence-corrected chi connectivity index (χ2v) is 8.30. The first-order chi connectivity index (χ1) is 13.6. The summed E-state index contributed by atoms with van der Waals surface area (Å²) in [5.74, 6) is -0.973. The zero-order valence-corrected chi connectivity index (χ0v) is 16.3. The molecule has 2 aliphatic heterocycles. The lowest BCUT2D eigenvalue weighted by Crippen LogP contribution is -2.50. The van der Waals surface area contributed by atoms with Gasteiger partial charge in [0.2, 0.25) is 11.8 Å². The number of carbonyl (C=O) groups excluding carboxylic acids is 2. The summed E-state index contributed by atoms with van der Waals surface area (Å²) in [7, 11) is 0. The Morgan fingerprint density at radius 1 is 1.25 bits per heavy atom. The van der Waals surface area contributed by atoms with Gasteiger partial charge in [-0.3, -0.25) is 14.4 Å². The van der Waals surface area contributed by atoms with Crippen molar-refractivity contribution in [2.45, 2.75) is 57.7 Å². The number of amides is 2. The van der Waals surface area contributed by atoms with Gasteiger partial charge in [-0.05, 0) is 25.3 Å². The molecule has 2 bridgehead atoms. The Morgan fingerprint density at radius 3 is 2.68 bits per heavy atom. The molecule has 1 aliphatic carbocycles. The van der Waals surface area contributed by atoms with E-state index in [9.17, 15) is 19.5 Å². The van der Waals surface area contributed by atoms with Crippen molar-refractivity contribution < 1.29 is 14.7 Å². The van der Waals surface area contributed by atoms with E-state index in [1.165, 1.54) is 6.07 Å². The van der Waals surface area contributed by atoms with Gasteiger partial charge in [0.05, 0.1) is 18.0 Å². The Labute approximate surface area is 164 Å². The molecule has 152 valence electrons. The molecule has 0 spiro atoms. The molecular weight excluding hydrogens is 358 g/mol. The van der Waals surface area contributed by atoms with Crippen LogP contribution in [0.2, 0.25) is 0 Å². The van der Waals surface area contributed by atoms with E-state index in [1.807, 2.05) is 17.9 Å². The van der Waals surface area contributed by atoms with Crippen molar-refractivity contribution >= 4 is 11.8 Å². The van der Waals surface area contributed by atoms with Crippen molar-refractivity contribution in [3.05, 3.63) is 34.2 Å². The number of fused-ring (bicyclic) bond motifs is 4. The number of aromatic nitrogens is 1. The quantitative estimate of drug-likeness (QED) is 0.790. The SMILES string of the molecule is CCCNC(=O)[C@H]1[C@H](CO)[C@H]2Cn3c(cccc3=O)[C@@H]1N2C(=O)C1CCCC1. The Bertz CT molecular complexity index is 814. The molecule has 0 radical (unpaired) electrons. The lowest BCUT2D eigenvalue weighted by molar-refractivity contribution is -0.141. The first-order valence-corrected chi connectivity index (χ1v) is 10.5. The molecule has 2 fully saturated rings. The topological polar surface area (TPSA) is 91.6 Å². The third-order valence-electron chi connectivity index (χ3n) is 6.73. The molecule has 4 atom stereocenters. The van der Waals surface area contributed by atoms with Crippen LogP contribution in [0, 0.1) is 17.8 Å². The first kappa shape index (κ1) is 19.2. The monoisotopic (exact) mass is 387 g/mol. The van der Waals surface area contributed by atoms with Gasteiger partial charge in [-0.2, -0.15) is 0 Å². The van der Waals surface area contributed by atoms with E-state index in [-0.39, 0.29) is 41.9 Å². The number of carbonyl (C=O) groups is 2. The predicted molar refractivity (Wildman–Crippen MR) is 103 cm³/mol. The molecule has 0 aromatic carbocycles. The predicted octanol–water partition coefficient (Wildman–Crippen LogP) is 1.05. The molecule has 2 N–H and O–H groups in total. The minimum Gasteiger partial charge on any atom is -0.396 e. The molecule has 4 rings (SSSR count). The van der Waals surface area contributed by atoms with Gasteiger partial charge in [0.25, 0.3) is 5.56 Å². The van der Waals surface area contributed by atoms with Crippen LogP contribution in [-0.4, -0.2) is 45.6 Å². The number of hydrogen-bond donors (Lipinski definition) is 2. The number of aliphatic hydroxyl groups excluding tert-OH is 1. The van der Waals surface area contributed by atoms with E-state index >= 15 is 0 Å². The van der Waals surface area contributed by atoms with E-state index in [4.69, 9.17) is 0 Å². The van der Waals surface area contributed by atoms with Crippen molar-refractivity contribution in [1.29, 1.82) is 0 Å². The third-order valence-corrected chi connectivity index (χ3v) is 6.73. The van der Waals surface area contributed by atoms with Crippen LogP contribution in [0.5, 0.6) is 0 Å². The van der Waals surface area contributed by atoms with Gasteiger partial charge in [-0.15, -0.1) is 0 Å². The maximum Gasteiger partial charge on any atom is 0.250 e. The van der Waals surface area contributed by atoms with Crippen molar-refractivity contribution in [1.82, 2.24) is 14.8 Å². The average molecular weight is 387 g/mol. The molecule has 7 heteroatoms. The standard InChI is InChI=1S/C21H29N3O4/c1-2-10-22-20(27)18-14(12-25)16-11-23-15(8-5-9-17(23)26)19(18)24(16)21(28)13-6-3-4-7-13/h5,8-9,13-14,16,18-19,25H,2-4,6-7,10-12H2,1H3,(H,22,27)/t14-,16-,18+,19+/m1/s1. The van der Waals surface area contributed by atoms with Gasteiger partial charge in [0, 0.05) is 43.3 Å². The number of aliphatic hydroxyl groups is 1. The van der Waals surface area contributed by atoms with Crippen molar-refractivity contribution in [3.8, 4) is 0 Å². The molecule has 1 aromatic heterocycles. The first-order valence-electron chi connectivity index (χ1n) is 10.5. The van der Waals surface area contributed by atoms with Crippen LogP contribution < -0.4 is 10.9 Å². The summed E-state index contributed by atoms with van der Waals surface area (Å²) in [5, 5.41) is 13.1. The van der Waals surface area contributed by atoms with Gasteiger partial charge in [0.1, 0.15) is 0 Å². The van der Waals surface area contributed by atoms with Crippen LogP contribution >= 0.6 is 0 Å². The molecule has 28 heavy (non-hydrogen) atoms. The van der Waals surface area contributed by atoms with Crippen LogP contribution in [0.1, 0.15) is 50.8 Å². The Morgan fingerprint density at radius 2 is 2.00 bits per heavy atom. The maximum absolute atomic E-state index is 13.4. The second-order valence-electron chi connectivity index (χ2n) is 8.30. The number of nitrogens with zero attached hydrogens (tertiary/aromatic N) is 2. The van der Waals surface area contributed by atoms with E-state index in [2.05, 4.69) is 5.32 Å². The summed E-state index contributed by atoms with van der Waals surface area (Å²) in [6.45, 7) is 2.71. The molecule has 2 amide bonds. The smallest absolute Gasteiger partial charge is 0.250 e. The fraction of sp³-hybridized carbons (Fsp3) is 0.667. The van der Waals surface area contributed by atoms with Crippen LogP contribution in [0.4, 0.5) is 0 Å². The van der Waals surface area contributed by atoms with Gasteiger partial charge in [0.15, 0.2) is 0 Å². The summed E-state index contributed by atoms with van der Waals surface area (Å²) in [6, 6.07) is 4.23. The molecule has 1 aromatic rings. The summed E-state index contributed by atoms with van der Waals surface area (Å²) in [4.78, 5) is 40.8. The molecule has 1 saturated carbocycles. The fourth-order valence-electron chi connectivity index (χ4n) is 5.41. The zero-order chi connectivity index (χ0) is 19.8. The van der Waals surface area contributed by atoms with Crippen molar-refractivity contribution in [2.24, 2.45) is 17.8 Å². The van der Waals surface area contributed by atoms with Gasteiger partial charge in [-0.1, -0.05) is 25.8 Å². The number of hydrogen-bond acceptors (Lipinski definition) is 4. The van der Waals surface area contributed by atoms with Gasteiger partial charge in [-0.25, -0.2) is 0 Å². The van der Waals surface area contributed by atoms with Crippen molar-refractivity contribution in [2.75, 3.05) is 13.2 Å². The van der Waals surface area contributed by atoms with Gasteiger partial charge >= 0.3 is 0 Å². The summed E-state index contributed by atoms with van der Waals surface area (Å²) < 4.78 is 1.68.